The first kappa shape index (κ1) is 36.4. The maximum absolute atomic E-state index is 2.39. The second-order valence-corrected chi connectivity index (χ2v) is 15.0. The Hall–Kier alpha value is -7.94. The fraction of sp³-hybridized carbons (Fsp3) is 0. The Kier molecular flexibility index (Phi) is 10.0. The first-order chi connectivity index (χ1) is 29.8. The largest absolute Gasteiger partial charge is 0.311 e. The van der Waals surface area contributed by atoms with Crippen molar-refractivity contribution in [2.75, 3.05) is 9.80 Å². The van der Waals surface area contributed by atoms with Crippen LogP contribution < -0.4 is 9.80 Å². The fourth-order valence-electron chi connectivity index (χ4n) is 8.43. The number of anilines is 6. The van der Waals surface area contributed by atoms with Gasteiger partial charge in [-0.05, 0) is 134 Å². The van der Waals surface area contributed by atoms with Crippen molar-refractivity contribution >= 4 is 67.8 Å². The SMILES string of the molecule is C(=Cc1ccc2c(c1)c(-c1ccccc1)c(-c1ccccc1)c1cc(N(c3ccccc3)c3ccccc3)ccc12)c1ccc(N(c2ccccc2)c2ccccc2)cc1. The molecule has 0 aliphatic rings. The number of benzene rings is 10. The summed E-state index contributed by atoms with van der Waals surface area (Å²) in [6.07, 6.45) is 4.46. The third kappa shape index (κ3) is 7.23. The average Bonchev–Trinajstić information content (AvgIpc) is 3.33. The van der Waals surface area contributed by atoms with E-state index < -0.39 is 0 Å². The third-order valence-corrected chi connectivity index (χ3v) is 11.2. The lowest BCUT2D eigenvalue weighted by atomic mass is 9.84. The summed E-state index contributed by atoms with van der Waals surface area (Å²) in [5.41, 5.74) is 13.8. The summed E-state index contributed by atoms with van der Waals surface area (Å²) in [6.45, 7) is 0. The maximum Gasteiger partial charge on any atom is 0.0468 e. The van der Waals surface area contributed by atoms with Crippen molar-refractivity contribution in [3.05, 3.63) is 254 Å². The van der Waals surface area contributed by atoms with Gasteiger partial charge in [-0.15, -0.1) is 0 Å². The molecular weight excluding hydrogens is 725 g/mol. The van der Waals surface area contributed by atoms with Crippen molar-refractivity contribution in [3.8, 4) is 22.3 Å². The summed E-state index contributed by atoms with van der Waals surface area (Å²) in [5.74, 6) is 0. The Bertz CT molecular complexity index is 2960. The van der Waals surface area contributed by atoms with Gasteiger partial charge < -0.3 is 9.80 Å². The number of nitrogens with zero attached hydrogens (tertiary/aromatic N) is 2. The Morgan fingerprint density at radius 1 is 0.233 bits per heavy atom. The molecule has 10 aromatic carbocycles. The highest BCUT2D eigenvalue weighted by molar-refractivity contribution is 6.22. The molecule has 10 aromatic rings. The van der Waals surface area contributed by atoms with Crippen LogP contribution in [0.1, 0.15) is 11.1 Å². The number of hydrogen-bond donors (Lipinski definition) is 0. The summed E-state index contributed by atoms with van der Waals surface area (Å²) in [4.78, 5) is 4.64. The zero-order valence-electron chi connectivity index (χ0n) is 33.1. The number of rotatable bonds is 10. The van der Waals surface area contributed by atoms with Crippen molar-refractivity contribution in [3.63, 3.8) is 0 Å². The molecule has 0 unspecified atom stereocenters. The smallest absolute Gasteiger partial charge is 0.0468 e. The second-order valence-electron chi connectivity index (χ2n) is 15.0. The van der Waals surface area contributed by atoms with E-state index in [1.54, 1.807) is 0 Å². The molecule has 2 heteroatoms. The van der Waals surface area contributed by atoms with Crippen LogP contribution in [-0.4, -0.2) is 0 Å². The zero-order valence-corrected chi connectivity index (χ0v) is 33.1. The highest BCUT2D eigenvalue weighted by Gasteiger charge is 2.20. The van der Waals surface area contributed by atoms with Gasteiger partial charge in [0.15, 0.2) is 0 Å². The Morgan fingerprint density at radius 3 is 1.00 bits per heavy atom. The van der Waals surface area contributed by atoms with Crippen LogP contribution in [0.15, 0.2) is 243 Å². The molecule has 0 bridgehead atoms. The lowest BCUT2D eigenvalue weighted by Gasteiger charge is -2.27. The molecule has 0 fully saturated rings. The van der Waals surface area contributed by atoms with Gasteiger partial charge >= 0.3 is 0 Å². The van der Waals surface area contributed by atoms with E-state index >= 15 is 0 Å². The highest BCUT2D eigenvalue weighted by Crippen LogP contribution is 2.47. The molecule has 0 heterocycles. The number of hydrogen-bond acceptors (Lipinski definition) is 2. The predicted octanol–water partition coefficient (Wildman–Crippen LogP) is 16.4. The van der Waals surface area contributed by atoms with Gasteiger partial charge in [0.05, 0.1) is 0 Å². The second kappa shape index (κ2) is 16.5. The molecule has 284 valence electrons. The van der Waals surface area contributed by atoms with Crippen LogP contribution in [-0.2, 0) is 0 Å². The molecule has 0 N–H and O–H groups in total. The van der Waals surface area contributed by atoms with Gasteiger partial charge in [-0.25, -0.2) is 0 Å². The lowest BCUT2D eigenvalue weighted by Crippen LogP contribution is -2.09. The van der Waals surface area contributed by atoms with Crippen molar-refractivity contribution in [1.29, 1.82) is 0 Å². The van der Waals surface area contributed by atoms with Crippen LogP contribution >= 0.6 is 0 Å². The van der Waals surface area contributed by atoms with Gasteiger partial charge in [0, 0.05) is 34.1 Å². The van der Waals surface area contributed by atoms with Crippen molar-refractivity contribution < 1.29 is 0 Å². The average molecular weight is 767 g/mol. The lowest BCUT2D eigenvalue weighted by molar-refractivity contribution is 1.28. The first-order valence-corrected chi connectivity index (χ1v) is 20.5. The predicted molar refractivity (Wildman–Crippen MR) is 257 cm³/mol. The highest BCUT2D eigenvalue weighted by atomic mass is 15.1. The normalized spacial score (nSPS) is 11.3. The monoisotopic (exact) mass is 766 g/mol. The van der Waals surface area contributed by atoms with Crippen LogP contribution in [0.4, 0.5) is 34.1 Å². The number of para-hydroxylation sites is 4. The molecule has 60 heavy (non-hydrogen) atoms. The minimum absolute atomic E-state index is 1.11. The van der Waals surface area contributed by atoms with Gasteiger partial charge in [0.1, 0.15) is 0 Å². The molecule has 0 aliphatic carbocycles. The Morgan fingerprint density at radius 2 is 0.550 bits per heavy atom. The molecule has 0 amide bonds. The van der Waals surface area contributed by atoms with E-state index in [4.69, 9.17) is 0 Å². The van der Waals surface area contributed by atoms with Crippen molar-refractivity contribution in [1.82, 2.24) is 0 Å². The van der Waals surface area contributed by atoms with Gasteiger partial charge in [-0.1, -0.05) is 176 Å². The molecular formula is C58H42N2. The summed E-state index contributed by atoms with van der Waals surface area (Å²) in [6, 6.07) is 86.9. The van der Waals surface area contributed by atoms with Crippen LogP contribution in [0.3, 0.4) is 0 Å². The molecule has 0 atom stereocenters. The van der Waals surface area contributed by atoms with Crippen molar-refractivity contribution in [2.45, 2.75) is 0 Å². The third-order valence-electron chi connectivity index (χ3n) is 11.2. The minimum Gasteiger partial charge on any atom is -0.311 e. The molecule has 0 radical (unpaired) electrons. The zero-order chi connectivity index (χ0) is 40.1. The van der Waals surface area contributed by atoms with Gasteiger partial charge in [0.25, 0.3) is 0 Å². The van der Waals surface area contributed by atoms with Crippen LogP contribution in [0.2, 0.25) is 0 Å². The molecule has 2 nitrogen and oxygen atoms in total. The molecule has 0 saturated heterocycles. The quantitative estimate of drug-likeness (QED) is 0.101. The van der Waals surface area contributed by atoms with Gasteiger partial charge in [-0.2, -0.15) is 0 Å². The van der Waals surface area contributed by atoms with E-state index in [1.807, 2.05) is 0 Å². The fourth-order valence-corrected chi connectivity index (χ4v) is 8.43. The first-order valence-electron chi connectivity index (χ1n) is 20.5. The van der Waals surface area contributed by atoms with E-state index in [2.05, 4.69) is 265 Å². The van der Waals surface area contributed by atoms with E-state index in [0.717, 1.165) is 45.3 Å². The molecule has 0 aliphatic heterocycles. The number of fused-ring (bicyclic) bond motifs is 3. The Labute approximate surface area is 352 Å². The summed E-state index contributed by atoms with van der Waals surface area (Å²) in [7, 11) is 0. The standard InChI is InChI=1S/C58H42N2/c1-7-19-45(20-8-1)57-55-41-44(32-31-43-33-36-51(37-34-43)59(47-23-11-3-12-24-47)48-25-13-4-14-26-48)35-39-53(55)54-40-38-52(42-56(54)58(57)46-21-9-2-10-22-46)60(49-27-15-5-16-28-49)50-29-17-6-18-30-50/h1-42H. The van der Waals surface area contributed by atoms with E-state index in [-0.39, 0.29) is 0 Å². The molecule has 0 aromatic heterocycles. The van der Waals surface area contributed by atoms with E-state index in [1.165, 1.54) is 43.8 Å². The summed E-state index contributed by atoms with van der Waals surface area (Å²) < 4.78 is 0. The molecule has 0 spiro atoms. The van der Waals surface area contributed by atoms with Gasteiger partial charge in [0.2, 0.25) is 0 Å². The Balaban J connectivity index is 1.11. The van der Waals surface area contributed by atoms with E-state index in [9.17, 15) is 0 Å². The molecule has 10 rings (SSSR count). The van der Waals surface area contributed by atoms with E-state index in [0.29, 0.717) is 0 Å². The van der Waals surface area contributed by atoms with Crippen LogP contribution in [0.25, 0.3) is 56.0 Å². The maximum atomic E-state index is 2.39. The van der Waals surface area contributed by atoms with Crippen molar-refractivity contribution in [2.24, 2.45) is 0 Å². The summed E-state index contributed by atoms with van der Waals surface area (Å²) >= 11 is 0. The summed E-state index contributed by atoms with van der Waals surface area (Å²) in [5, 5.41) is 4.89. The van der Waals surface area contributed by atoms with Crippen LogP contribution in [0, 0.1) is 0 Å². The van der Waals surface area contributed by atoms with Gasteiger partial charge in [-0.3, -0.25) is 0 Å². The topological polar surface area (TPSA) is 6.48 Å². The van der Waals surface area contributed by atoms with Crippen LogP contribution in [0.5, 0.6) is 0 Å². The minimum atomic E-state index is 1.11. The molecule has 0 saturated carbocycles.